The molecule has 18 heteroatoms. The first-order chi connectivity index (χ1) is 55.2. The first kappa shape index (κ1) is 109. The summed E-state index contributed by atoms with van der Waals surface area (Å²) in [6.45, 7) is 2.48. The van der Waals surface area contributed by atoms with Crippen LogP contribution in [0.4, 0.5) is 0 Å². The summed E-state index contributed by atoms with van der Waals surface area (Å²) in [7, 11) is -9.79. The maximum absolute atomic E-state index is 13.0. The smallest absolute Gasteiger partial charge is 0.463 e. The molecular weight excluding hydrogens is 1460 g/mol. The molecule has 0 radical (unpaired) electrons. The molecule has 0 aromatic heterocycles. The second-order valence-corrected chi connectivity index (χ2v) is 33.2. The molecule has 0 aromatic rings. The van der Waals surface area contributed by atoms with Crippen molar-refractivity contribution < 1.29 is 75.8 Å². The highest BCUT2D eigenvalue weighted by molar-refractivity contribution is 7.47. The van der Waals surface area contributed by atoms with Gasteiger partial charge in [0.25, 0.3) is 0 Å². The highest BCUT2D eigenvalue weighted by atomic mass is 31.2. The SMILES string of the molecule is CC/C=C\C/C=C\C/C=C\C/C=C\C/C=C\CCCCCCCCCCCCCCCCCCCC(=O)OCC(O)COP(=O)(O)OCC(O)COP(=O)(O)OCC(COC(=O)CCCCCCCCCCCCCCCCC/C=C\C/C=C\C/C=C\C/C=C\C/C=C\CC)OC(=O)CCCCCCC/C=C\CCCCCC. The van der Waals surface area contributed by atoms with Gasteiger partial charge in [-0.3, -0.25) is 32.5 Å². The Kier molecular flexibility index (Phi) is 83.7. The minimum Gasteiger partial charge on any atom is -0.463 e. The van der Waals surface area contributed by atoms with Gasteiger partial charge in [-0.15, -0.1) is 0 Å². The quantitative estimate of drug-likeness (QED) is 0.0146. The zero-order chi connectivity index (χ0) is 82.2. The molecule has 5 unspecified atom stereocenters. The third-order valence-corrected chi connectivity index (χ3v) is 21.2. The lowest BCUT2D eigenvalue weighted by molar-refractivity contribution is -0.161. The van der Waals surface area contributed by atoms with Crippen LogP contribution in [-0.2, 0) is 55.8 Å². The van der Waals surface area contributed by atoms with Gasteiger partial charge >= 0.3 is 33.6 Å². The van der Waals surface area contributed by atoms with E-state index in [2.05, 4.69) is 154 Å². The summed E-state index contributed by atoms with van der Waals surface area (Å²) in [5, 5.41) is 20.7. The fraction of sp³-hybridized carbons (Fsp3) is 0.737. The number of phosphoric ester groups is 2. The van der Waals surface area contributed by atoms with E-state index < -0.39 is 91.5 Å². The summed E-state index contributed by atoms with van der Waals surface area (Å²) in [6, 6.07) is 0. The van der Waals surface area contributed by atoms with Crippen molar-refractivity contribution in [1.82, 2.24) is 0 Å². The Hall–Kier alpha value is -4.31. The summed E-state index contributed by atoms with van der Waals surface area (Å²) in [5.41, 5.74) is 0. The monoisotopic (exact) mass is 1630 g/mol. The normalized spacial score (nSPS) is 14.4. The van der Waals surface area contributed by atoms with Crippen LogP contribution in [0.5, 0.6) is 0 Å². The molecule has 0 amide bonds. The van der Waals surface area contributed by atoms with E-state index in [9.17, 15) is 43.5 Å². The highest BCUT2D eigenvalue weighted by Crippen LogP contribution is 2.45. The Morgan fingerprint density at radius 3 is 0.752 bits per heavy atom. The molecule has 0 bridgehead atoms. The molecular formula is C95H166O16P2. The topological polar surface area (TPSA) is 231 Å². The molecule has 0 fully saturated rings. The number of hydrogen-bond acceptors (Lipinski definition) is 14. The van der Waals surface area contributed by atoms with Gasteiger partial charge < -0.3 is 34.2 Å². The lowest BCUT2D eigenvalue weighted by atomic mass is 10.0. The number of aliphatic hydroxyl groups is 2. The van der Waals surface area contributed by atoms with Gasteiger partial charge in [0.1, 0.15) is 25.4 Å². The van der Waals surface area contributed by atoms with Gasteiger partial charge in [0, 0.05) is 19.3 Å². The molecule has 0 aliphatic rings. The van der Waals surface area contributed by atoms with Crippen LogP contribution in [-0.4, -0.2) is 95.9 Å². The number of aliphatic hydroxyl groups excluding tert-OH is 2. The van der Waals surface area contributed by atoms with E-state index in [0.717, 1.165) is 141 Å². The standard InChI is InChI=1S/C95H166O16P2/c1-4-7-10-13-16-19-22-25-27-29-31-33-35-37-39-41-43-44-46-48-49-51-53-55-57-59-61-64-66-69-72-75-78-81-93(98)105-84-90(96)85-107-112(101,102)108-86-91(97)87-109-113(103,104)110-89-92(111-95(100)83-80-77-74-71-68-63-24-21-18-15-12-9-6-3)88-106-94(99)82-79-76-73-70-67-65-62-60-58-56-54-52-50-47-45-42-40-38-36-34-32-30-28-26-23-20-17-14-11-8-5-2/h7-8,10-11,16-17,19-21,24-28,31-34,37-40,90-92,96-97H,4-6,9,12-15,18,22-23,29-30,35-36,41-89H2,1-3H3,(H,101,102)(H,103,104)/b10-7-,11-8-,19-16-,20-17-,24-21-,27-25-,28-26-,33-31-,34-32-,39-37-,40-38-. The lowest BCUT2D eigenvalue weighted by Crippen LogP contribution is -2.30. The fourth-order valence-corrected chi connectivity index (χ4v) is 14.1. The van der Waals surface area contributed by atoms with Gasteiger partial charge in [-0.25, -0.2) is 9.13 Å². The van der Waals surface area contributed by atoms with E-state index in [1.165, 1.54) is 193 Å². The Morgan fingerprint density at radius 2 is 0.469 bits per heavy atom. The predicted octanol–water partition coefficient (Wildman–Crippen LogP) is 27.8. The van der Waals surface area contributed by atoms with E-state index in [4.69, 9.17) is 32.3 Å². The molecule has 0 rings (SSSR count). The second-order valence-electron chi connectivity index (χ2n) is 30.3. The van der Waals surface area contributed by atoms with Crippen molar-refractivity contribution in [2.75, 3.05) is 39.6 Å². The van der Waals surface area contributed by atoms with Gasteiger partial charge in [-0.1, -0.05) is 373 Å². The maximum atomic E-state index is 13.0. The molecule has 4 N–H and O–H groups in total. The Labute approximate surface area is 690 Å². The predicted molar refractivity (Wildman–Crippen MR) is 473 cm³/mol. The van der Waals surface area contributed by atoms with E-state index in [0.29, 0.717) is 19.3 Å². The number of carbonyl (C=O) groups is 3. The average molecular weight is 1630 g/mol. The van der Waals surface area contributed by atoms with Crippen LogP contribution in [0.3, 0.4) is 0 Å². The third-order valence-electron chi connectivity index (χ3n) is 19.3. The minimum absolute atomic E-state index is 0.0953. The number of phosphoric acid groups is 2. The molecule has 0 aliphatic carbocycles. The summed E-state index contributed by atoms with van der Waals surface area (Å²) < 4.78 is 61.3. The van der Waals surface area contributed by atoms with Crippen LogP contribution in [0, 0.1) is 0 Å². The summed E-state index contributed by atoms with van der Waals surface area (Å²) in [6.07, 6.45) is 108. The molecule has 0 aromatic carbocycles. The molecule has 0 spiro atoms. The number of rotatable bonds is 86. The number of esters is 3. The van der Waals surface area contributed by atoms with Crippen LogP contribution in [0.25, 0.3) is 0 Å². The number of carbonyl (C=O) groups excluding carboxylic acids is 3. The highest BCUT2D eigenvalue weighted by Gasteiger charge is 2.29. The summed E-state index contributed by atoms with van der Waals surface area (Å²) >= 11 is 0. The van der Waals surface area contributed by atoms with E-state index >= 15 is 0 Å². The lowest BCUT2D eigenvalue weighted by Gasteiger charge is -2.21. The molecule has 0 aliphatic heterocycles. The first-order valence-electron chi connectivity index (χ1n) is 45.5. The van der Waals surface area contributed by atoms with Crippen LogP contribution >= 0.6 is 15.6 Å². The zero-order valence-electron chi connectivity index (χ0n) is 71.8. The van der Waals surface area contributed by atoms with Gasteiger partial charge in [-0.05, 0) is 135 Å². The molecule has 652 valence electrons. The van der Waals surface area contributed by atoms with E-state index in [1.54, 1.807) is 0 Å². The summed E-state index contributed by atoms with van der Waals surface area (Å²) in [4.78, 5) is 58.8. The zero-order valence-corrected chi connectivity index (χ0v) is 73.6. The van der Waals surface area contributed by atoms with Crippen molar-refractivity contribution in [2.24, 2.45) is 0 Å². The Balaban J connectivity index is 4.39. The minimum atomic E-state index is -4.93. The van der Waals surface area contributed by atoms with E-state index in [-0.39, 0.29) is 19.3 Å². The molecule has 0 saturated carbocycles. The number of unbranched alkanes of at least 4 members (excludes halogenated alkanes) is 41. The van der Waals surface area contributed by atoms with Crippen molar-refractivity contribution in [3.05, 3.63) is 134 Å². The second kappa shape index (κ2) is 87.0. The third kappa shape index (κ3) is 88.3. The van der Waals surface area contributed by atoms with Crippen LogP contribution in [0.15, 0.2) is 134 Å². The van der Waals surface area contributed by atoms with Gasteiger partial charge in [0.2, 0.25) is 0 Å². The fourth-order valence-electron chi connectivity index (χ4n) is 12.5. The maximum Gasteiger partial charge on any atom is 0.472 e. The molecule has 0 saturated heterocycles. The van der Waals surface area contributed by atoms with Gasteiger partial charge in [0.15, 0.2) is 6.10 Å². The Bertz CT molecular complexity index is 2580. The molecule has 0 heterocycles. The number of hydrogen-bond donors (Lipinski definition) is 4. The molecule has 5 atom stereocenters. The van der Waals surface area contributed by atoms with E-state index in [1.807, 2.05) is 0 Å². The number of ether oxygens (including phenoxy) is 3. The van der Waals surface area contributed by atoms with Crippen molar-refractivity contribution in [1.29, 1.82) is 0 Å². The first-order valence-corrected chi connectivity index (χ1v) is 48.5. The Morgan fingerprint density at radius 1 is 0.257 bits per heavy atom. The largest absolute Gasteiger partial charge is 0.472 e. The summed E-state index contributed by atoms with van der Waals surface area (Å²) in [5.74, 6) is -1.57. The van der Waals surface area contributed by atoms with Crippen LogP contribution < -0.4 is 0 Å². The van der Waals surface area contributed by atoms with Crippen molar-refractivity contribution in [3.8, 4) is 0 Å². The van der Waals surface area contributed by atoms with Crippen molar-refractivity contribution in [3.63, 3.8) is 0 Å². The van der Waals surface area contributed by atoms with Crippen molar-refractivity contribution >= 4 is 33.6 Å². The van der Waals surface area contributed by atoms with Crippen molar-refractivity contribution in [2.45, 2.75) is 411 Å². The number of allylic oxidation sites excluding steroid dienone is 22. The molecule has 16 nitrogen and oxygen atoms in total. The van der Waals surface area contributed by atoms with Gasteiger partial charge in [0.05, 0.1) is 26.4 Å². The van der Waals surface area contributed by atoms with Gasteiger partial charge in [-0.2, -0.15) is 0 Å². The average Bonchev–Trinajstić information content (AvgIpc) is 0.903. The van der Waals surface area contributed by atoms with Crippen LogP contribution in [0.1, 0.15) is 393 Å². The van der Waals surface area contributed by atoms with Crippen LogP contribution in [0.2, 0.25) is 0 Å². The molecule has 113 heavy (non-hydrogen) atoms.